The van der Waals surface area contributed by atoms with Crippen LogP contribution < -0.4 is 14.9 Å². The summed E-state index contributed by atoms with van der Waals surface area (Å²) in [6, 6.07) is 3.62. The van der Waals surface area contributed by atoms with Crippen LogP contribution in [-0.4, -0.2) is 28.6 Å². The number of hydrogen-bond acceptors (Lipinski definition) is 5. The van der Waals surface area contributed by atoms with Crippen molar-refractivity contribution in [1.82, 2.24) is 14.9 Å². The average molecular weight is 329 g/mol. The molecule has 1 aromatic carbocycles. The molecule has 0 aliphatic carbocycles. The van der Waals surface area contributed by atoms with Gasteiger partial charge in [-0.3, -0.25) is 5.10 Å². The Kier molecular flexibility index (Phi) is 5.46. The molecule has 0 aliphatic rings. The van der Waals surface area contributed by atoms with Gasteiger partial charge in [-0.05, 0) is 30.3 Å². The van der Waals surface area contributed by atoms with Crippen LogP contribution >= 0.6 is 23.8 Å². The summed E-state index contributed by atoms with van der Waals surface area (Å²) in [5.41, 5.74) is 3.98. The van der Waals surface area contributed by atoms with E-state index in [1.807, 2.05) is 13.0 Å². The maximum Gasteiger partial charge on any atom is 0.214 e. The maximum absolute atomic E-state index is 6.28. The van der Waals surface area contributed by atoms with Crippen molar-refractivity contribution >= 4 is 23.8 Å². The molecule has 1 heterocycles. The summed E-state index contributed by atoms with van der Waals surface area (Å²) in [7, 11) is 1.60. The summed E-state index contributed by atoms with van der Waals surface area (Å²) in [4.78, 5) is 0. The lowest BCUT2D eigenvalue weighted by molar-refractivity contribution is 0.294. The largest absolute Gasteiger partial charge is 0.493 e. The molecule has 0 bridgehead atoms. The molecule has 2 aromatic rings. The SMILES string of the molecule is CCCOc1cc(Cl)c(CNn2cn[nH]c2=S)cc1OC. The summed E-state index contributed by atoms with van der Waals surface area (Å²) < 4.78 is 13.1. The van der Waals surface area contributed by atoms with E-state index < -0.39 is 0 Å². The van der Waals surface area contributed by atoms with E-state index in [0.29, 0.717) is 34.4 Å². The summed E-state index contributed by atoms with van der Waals surface area (Å²) in [5.74, 6) is 1.30. The molecule has 0 radical (unpaired) electrons. The summed E-state index contributed by atoms with van der Waals surface area (Å²) in [5, 5.41) is 7.09. The topological polar surface area (TPSA) is 64.1 Å². The number of nitrogens with one attached hydrogen (secondary N) is 2. The second kappa shape index (κ2) is 7.33. The maximum atomic E-state index is 6.28. The molecule has 114 valence electrons. The fourth-order valence-corrected chi connectivity index (χ4v) is 2.11. The second-order valence-electron chi connectivity index (χ2n) is 4.31. The van der Waals surface area contributed by atoms with Crippen molar-refractivity contribution in [3.05, 3.63) is 33.8 Å². The Labute approximate surface area is 133 Å². The van der Waals surface area contributed by atoms with Gasteiger partial charge in [-0.2, -0.15) is 5.10 Å². The predicted octanol–water partition coefficient (Wildman–Crippen LogP) is 3.14. The highest BCUT2D eigenvalue weighted by atomic mass is 35.5. The molecule has 0 saturated heterocycles. The van der Waals surface area contributed by atoms with Crippen LogP contribution in [0.3, 0.4) is 0 Å². The molecule has 0 unspecified atom stereocenters. The van der Waals surface area contributed by atoms with E-state index in [2.05, 4.69) is 15.6 Å². The van der Waals surface area contributed by atoms with Gasteiger partial charge in [-0.15, -0.1) is 0 Å². The van der Waals surface area contributed by atoms with Gasteiger partial charge in [-0.25, -0.2) is 4.68 Å². The van der Waals surface area contributed by atoms with Gasteiger partial charge >= 0.3 is 0 Å². The van der Waals surface area contributed by atoms with Crippen molar-refractivity contribution in [3.63, 3.8) is 0 Å². The molecular formula is C13H17ClN4O2S. The number of H-pyrrole nitrogens is 1. The first kappa shape index (κ1) is 15.7. The number of hydrogen-bond donors (Lipinski definition) is 2. The molecular weight excluding hydrogens is 312 g/mol. The molecule has 21 heavy (non-hydrogen) atoms. The van der Waals surface area contributed by atoms with Crippen LogP contribution in [-0.2, 0) is 6.54 Å². The fraction of sp³-hybridized carbons (Fsp3) is 0.385. The number of ether oxygens (including phenoxy) is 2. The zero-order valence-corrected chi connectivity index (χ0v) is 13.4. The van der Waals surface area contributed by atoms with Crippen LogP contribution in [0.5, 0.6) is 11.5 Å². The fourth-order valence-electron chi connectivity index (χ4n) is 1.73. The number of nitrogens with zero attached hydrogens (tertiary/aromatic N) is 2. The summed E-state index contributed by atoms with van der Waals surface area (Å²) in [6.45, 7) is 3.15. The van der Waals surface area contributed by atoms with Crippen molar-refractivity contribution < 1.29 is 9.47 Å². The van der Waals surface area contributed by atoms with Crippen LogP contribution in [0.25, 0.3) is 0 Å². The Morgan fingerprint density at radius 1 is 1.43 bits per heavy atom. The molecule has 6 nitrogen and oxygen atoms in total. The highest BCUT2D eigenvalue weighted by Gasteiger charge is 2.10. The van der Waals surface area contributed by atoms with Gasteiger partial charge in [-0.1, -0.05) is 18.5 Å². The van der Waals surface area contributed by atoms with Crippen molar-refractivity contribution in [1.29, 1.82) is 0 Å². The normalized spacial score (nSPS) is 10.4. The molecule has 0 amide bonds. The third-order valence-electron chi connectivity index (χ3n) is 2.79. The van der Waals surface area contributed by atoms with E-state index in [-0.39, 0.29) is 0 Å². The van der Waals surface area contributed by atoms with Crippen LogP contribution in [0.2, 0.25) is 5.02 Å². The Morgan fingerprint density at radius 2 is 2.24 bits per heavy atom. The Bertz CT molecular complexity index is 656. The summed E-state index contributed by atoms with van der Waals surface area (Å²) >= 11 is 11.3. The van der Waals surface area contributed by atoms with Crippen LogP contribution in [0.15, 0.2) is 18.5 Å². The Morgan fingerprint density at radius 3 is 2.86 bits per heavy atom. The minimum atomic E-state index is 0.483. The number of methoxy groups -OCH3 is 1. The number of halogens is 1. The standard InChI is InChI=1S/C13H17ClN4O2S/c1-3-4-20-12-6-10(14)9(5-11(12)19-2)7-16-18-8-15-17-13(18)21/h5-6,8,16H,3-4,7H2,1-2H3,(H,17,21). The van der Waals surface area contributed by atoms with E-state index in [1.165, 1.54) is 0 Å². The lowest BCUT2D eigenvalue weighted by Crippen LogP contribution is -2.13. The molecule has 0 atom stereocenters. The molecule has 0 aliphatic heterocycles. The minimum absolute atomic E-state index is 0.483. The number of rotatable bonds is 7. The molecule has 2 rings (SSSR count). The third kappa shape index (κ3) is 3.89. The van der Waals surface area contributed by atoms with Crippen molar-refractivity contribution in [2.75, 3.05) is 19.1 Å². The van der Waals surface area contributed by atoms with Gasteiger partial charge in [0.15, 0.2) is 11.5 Å². The predicted molar refractivity (Wildman–Crippen MR) is 84.3 cm³/mol. The van der Waals surface area contributed by atoms with Gasteiger partial charge in [0.05, 0.1) is 20.3 Å². The molecule has 0 spiro atoms. The van der Waals surface area contributed by atoms with Gasteiger partial charge < -0.3 is 14.9 Å². The highest BCUT2D eigenvalue weighted by Crippen LogP contribution is 2.33. The van der Waals surface area contributed by atoms with E-state index in [1.54, 1.807) is 24.2 Å². The molecule has 2 N–H and O–H groups in total. The van der Waals surface area contributed by atoms with Crippen LogP contribution in [0.1, 0.15) is 18.9 Å². The zero-order valence-electron chi connectivity index (χ0n) is 11.9. The van der Waals surface area contributed by atoms with Gasteiger partial charge in [0.25, 0.3) is 0 Å². The molecule has 8 heteroatoms. The molecule has 0 fully saturated rings. The number of benzene rings is 1. The number of aromatic nitrogens is 3. The van der Waals surface area contributed by atoms with Gasteiger partial charge in [0.2, 0.25) is 4.77 Å². The van der Waals surface area contributed by atoms with E-state index in [4.69, 9.17) is 33.3 Å². The number of aromatic amines is 1. The Hall–Kier alpha value is -1.73. The van der Waals surface area contributed by atoms with Crippen molar-refractivity contribution in [2.24, 2.45) is 0 Å². The van der Waals surface area contributed by atoms with Crippen LogP contribution in [0, 0.1) is 4.77 Å². The molecule has 1 aromatic heterocycles. The first-order valence-corrected chi connectivity index (χ1v) is 7.29. The van der Waals surface area contributed by atoms with Crippen LogP contribution in [0.4, 0.5) is 0 Å². The Balaban J connectivity index is 2.16. The molecule has 0 saturated carbocycles. The minimum Gasteiger partial charge on any atom is -0.493 e. The quantitative estimate of drug-likeness (QED) is 0.764. The van der Waals surface area contributed by atoms with Crippen molar-refractivity contribution in [2.45, 2.75) is 19.9 Å². The van der Waals surface area contributed by atoms with E-state index in [0.717, 1.165) is 12.0 Å². The second-order valence-corrected chi connectivity index (χ2v) is 5.10. The lowest BCUT2D eigenvalue weighted by Gasteiger charge is -2.14. The van der Waals surface area contributed by atoms with Crippen molar-refractivity contribution in [3.8, 4) is 11.5 Å². The van der Waals surface area contributed by atoms with E-state index in [9.17, 15) is 0 Å². The average Bonchev–Trinajstić information content (AvgIpc) is 2.89. The summed E-state index contributed by atoms with van der Waals surface area (Å²) in [6.07, 6.45) is 2.48. The van der Waals surface area contributed by atoms with Gasteiger partial charge in [0, 0.05) is 11.1 Å². The highest BCUT2D eigenvalue weighted by molar-refractivity contribution is 7.71. The lowest BCUT2D eigenvalue weighted by atomic mass is 10.2. The smallest absolute Gasteiger partial charge is 0.214 e. The monoisotopic (exact) mass is 328 g/mol. The van der Waals surface area contributed by atoms with Gasteiger partial charge in [0.1, 0.15) is 6.33 Å². The first-order valence-electron chi connectivity index (χ1n) is 6.50. The zero-order chi connectivity index (χ0) is 15.2. The first-order chi connectivity index (χ1) is 10.2. The van der Waals surface area contributed by atoms with E-state index >= 15 is 0 Å². The third-order valence-corrected chi connectivity index (χ3v) is 3.43.